The molecule has 0 bridgehead atoms. The zero-order chi connectivity index (χ0) is 43.1. The van der Waals surface area contributed by atoms with Crippen LogP contribution in [0.25, 0.3) is 0 Å². The first-order valence-corrected chi connectivity index (χ1v) is 22.2. The average Bonchev–Trinajstić information content (AvgIpc) is 3.27. The number of benzene rings is 3. The van der Waals surface area contributed by atoms with E-state index in [1.54, 1.807) is 0 Å². The van der Waals surface area contributed by atoms with Crippen LogP contribution in [0.1, 0.15) is 135 Å². The van der Waals surface area contributed by atoms with Crippen molar-refractivity contribution in [3.8, 4) is 0 Å². The van der Waals surface area contributed by atoms with Gasteiger partial charge in [0, 0.05) is 0 Å². The molecule has 0 aliphatic rings. The lowest BCUT2D eigenvalue weighted by atomic mass is 10.1. The zero-order valence-electron chi connectivity index (χ0n) is 36.8. The molecule has 0 aliphatic heterocycles. The van der Waals surface area contributed by atoms with Gasteiger partial charge in [0.05, 0.1) is 36.9 Å². The molecule has 0 N–H and O–H groups in total. The molecule has 1 aromatic heterocycles. The minimum Gasteiger partial charge on any atom is -0.449 e. The molecular formula is C48H66N6O6. The smallest absolute Gasteiger partial charge is 0.421 e. The van der Waals surface area contributed by atoms with Crippen LogP contribution in [0.4, 0.5) is 49.3 Å². The van der Waals surface area contributed by atoms with E-state index in [2.05, 4.69) is 20.8 Å². The number of ether oxygens (including phenoxy) is 3. The Morgan fingerprint density at radius 1 is 0.400 bits per heavy atom. The third kappa shape index (κ3) is 13.2. The van der Waals surface area contributed by atoms with Gasteiger partial charge in [-0.15, -0.1) is 0 Å². The molecule has 4 aromatic rings. The highest BCUT2D eigenvalue weighted by molar-refractivity contribution is 5.99. The quantitative estimate of drug-likeness (QED) is 0.0501. The fourth-order valence-electron chi connectivity index (χ4n) is 6.85. The maximum absolute atomic E-state index is 14.5. The lowest BCUT2D eigenvalue weighted by Crippen LogP contribution is -2.35. The third-order valence-electron chi connectivity index (χ3n) is 10.3. The molecule has 0 saturated carbocycles. The lowest BCUT2D eigenvalue weighted by molar-refractivity contribution is 0.153. The minimum absolute atomic E-state index is 0.140. The SMILES string of the molecule is CCCCCCOC(=O)N(c1nc(N(C(=O)OCCCCCC)c2ccccc2CC)nc(N(C(=O)OCCCCCC)c2ccccc2CC)n1)c1ccccc1CC. The highest BCUT2D eigenvalue weighted by Crippen LogP contribution is 2.36. The number of aryl methyl sites for hydroxylation is 3. The molecule has 60 heavy (non-hydrogen) atoms. The third-order valence-corrected chi connectivity index (χ3v) is 10.3. The molecule has 0 atom stereocenters. The van der Waals surface area contributed by atoms with Gasteiger partial charge in [0.2, 0.25) is 17.8 Å². The molecule has 4 rings (SSSR count). The first-order chi connectivity index (χ1) is 29.3. The number of hydrogen-bond acceptors (Lipinski definition) is 9. The van der Waals surface area contributed by atoms with Gasteiger partial charge in [-0.05, 0) is 73.4 Å². The number of carbonyl (C=O) groups excluding carboxylic acids is 3. The van der Waals surface area contributed by atoms with Gasteiger partial charge in [0.25, 0.3) is 0 Å². The first kappa shape index (κ1) is 47.2. The summed E-state index contributed by atoms with van der Waals surface area (Å²) in [6.07, 6.45) is 10.6. The monoisotopic (exact) mass is 823 g/mol. The molecule has 0 unspecified atom stereocenters. The van der Waals surface area contributed by atoms with E-state index in [4.69, 9.17) is 29.2 Å². The number of hydrogen-bond donors (Lipinski definition) is 0. The second-order valence-corrected chi connectivity index (χ2v) is 14.7. The Morgan fingerprint density at radius 3 is 0.917 bits per heavy atom. The molecule has 0 saturated heterocycles. The van der Waals surface area contributed by atoms with Gasteiger partial charge >= 0.3 is 18.3 Å². The van der Waals surface area contributed by atoms with E-state index >= 15 is 0 Å². The van der Waals surface area contributed by atoms with Crippen molar-refractivity contribution in [1.29, 1.82) is 0 Å². The second-order valence-electron chi connectivity index (χ2n) is 14.7. The van der Waals surface area contributed by atoms with E-state index in [9.17, 15) is 14.4 Å². The van der Waals surface area contributed by atoms with Crippen molar-refractivity contribution in [3.63, 3.8) is 0 Å². The van der Waals surface area contributed by atoms with Crippen LogP contribution >= 0.6 is 0 Å². The van der Waals surface area contributed by atoms with Crippen molar-refractivity contribution < 1.29 is 28.6 Å². The minimum atomic E-state index is -0.700. The highest BCUT2D eigenvalue weighted by Gasteiger charge is 2.34. The fraction of sp³-hybridized carbons (Fsp3) is 0.500. The van der Waals surface area contributed by atoms with Gasteiger partial charge in [-0.3, -0.25) is 0 Å². The number of unbranched alkanes of at least 4 members (excludes halogenated alkanes) is 9. The van der Waals surface area contributed by atoms with Crippen molar-refractivity contribution in [2.75, 3.05) is 34.5 Å². The number of para-hydroxylation sites is 3. The summed E-state index contributed by atoms with van der Waals surface area (Å²) >= 11 is 0. The second kappa shape index (κ2) is 25.9. The normalized spacial score (nSPS) is 10.9. The van der Waals surface area contributed by atoms with Crippen LogP contribution in [0.2, 0.25) is 0 Å². The summed E-state index contributed by atoms with van der Waals surface area (Å²) in [6.45, 7) is 12.9. The molecule has 1 heterocycles. The summed E-state index contributed by atoms with van der Waals surface area (Å²) < 4.78 is 17.8. The summed E-state index contributed by atoms with van der Waals surface area (Å²) in [5.41, 5.74) is 4.01. The fourth-order valence-corrected chi connectivity index (χ4v) is 6.85. The van der Waals surface area contributed by atoms with Crippen LogP contribution in [0.5, 0.6) is 0 Å². The Bertz CT molecular complexity index is 1710. The average molecular weight is 823 g/mol. The number of nitrogens with zero attached hydrogens (tertiary/aromatic N) is 6. The zero-order valence-corrected chi connectivity index (χ0v) is 36.8. The number of carbonyl (C=O) groups is 3. The van der Waals surface area contributed by atoms with Crippen molar-refractivity contribution in [2.45, 2.75) is 138 Å². The topological polar surface area (TPSA) is 127 Å². The van der Waals surface area contributed by atoms with E-state index in [-0.39, 0.29) is 37.7 Å². The summed E-state index contributed by atoms with van der Waals surface area (Å²) in [5, 5.41) is 0. The largest absolute Gasteiger partial charge is 0.449 e. The van der Waals surface area contributed by atoms with E-state index in [1.807, 2.05) is 93.6 Å². The molecule has 0 radical (unpaired) electrons. The van der Waals surface area contributed by atoms with E-state index in [0.29, 0.717) is 55.6 Å². The Morgan fingerprint density at radius 2 is 0.667 bits per heavy atom. The Balaban J connectivity index is 2.03. The molecule has 0 spiro atoms. The number of aromatic nitrogens is 3. The summed E-state index contributed by atoms with van der Waals surface area (Å²) in [5.74, 6) is -0.420. The number of rotatable bonds is 24. The molecule has 0 fully saturated rings. The van der Waals surface area contributed by atoms with Crippen molar-refractivity contribution in [1.82, 2.24) is 15.0 Å². The van der Waals surface area contributed by atoms with Crippen LogP contribution < -0.4 is 14.7 Å². The van der Waals surface area contributed by atoms with Gasteiger partial charge in [0.1, 0.15) is 0 Å². The molecule has 3 aromatic carbocycles. The van der Waals surface area contributed by atoms with Gasteiger partial charge in [-0.25, -0.2) is 29.1 Å². The van der Waals surface area contributed by atoms with Crippen molar-refractivity contribution in [3.05, 3.63) is 89.5 Å². The van der Waals surface area contributed by atoms with Crippen molar-refractivity contribution in [2.24, 2.45) is 0 Å². The van der Waals surface area contributed by atoms with Gasteiger partial charge < -0.3 is 14.2 Å². The Hall–Kier alpha value is -5.52. The molecule has 12 nitrogen and oxygen atoms in total. The predicted molar refractivity (Wildman–Crippen MR) is 240 cm³/mol. The highest BCUT2D eigenvalue weighted by atomic mass is 16.6. The van der Waals surface area contributed by atoms with Crippen LogP contribution in [0.15, 0.2) is 72.8 Å². The maximum atomic E-state index is 14.5. The van der Waals surface area contributed by atoms with Crippen LogP contribution in [-0.2, 0) is 33.5 Å². The lowest BCUT2D eigenvalue weighted by Gasteiger charge is -2.28. The van der Waals surface area contributed by atoms with E-state index in [1.165, 1.54) is 14.7 Å². The summed E-state index contributed by atoms with van der Waals surface area (Å²) in [7, 11) is 0. The molecule has 12 heteroatoms. The van der Waals surface area contributed by atoms with Crippen LogP contribution in [-0.4, -0.2) is 53.1 Å². The van der Waals surface area contributed by atoms with E-state index < -0.39 is 18.3 Å². The maximum Gasteiger partial charge on any atom is 0.421 e. The number of amides is 3. The molecule has 324 valence electrons. The summed E-state index contributed by atoms with van der Waals surface area (Å²) in [4.78, 5) is 62.1. The van der Waals surface area contributed by atoms with Crippen molar-refractivity contribution >= 4 is 53.2 Å². The molecule has 3 amide bonds. The van der Waals surface area contributed by atoms with Crippen LogP contribution in [0, 0.1) is 0 Å². The first-order valence-electron chi connectivity index (χ1n) is 22.2. The Labute approximate surface area is 357 Å². The number of anilines is 6. The molecule has 0 aliphatic carbocycles. The van der Waals surface area contributed by atoms with Gasteiger partial charge in [-0.2, -0.15) is 15.0 Å². The summed E-state index contributed by atoms with van der Waals surface area (Å²) in [6, 6.07) is 22.4. The Kier molecular flexibility index (Phi) is 20.3. The van der Waals surface area contributed by atoms with Gasteiger partial charge in [-0.1, -0.05) is 154 Å². The van der Waals surface area contributed by atoms with E-state index in [0.717, 1.165) is 74.5 Å². The molecular weight excluding hydrogens is 757 g/mol. The predicted octanol–water partition coefficient (Wildman–Crippen LogP) is 13.1. The van der Waals surface area contributed by atoms with Gasteiger partial charge in [0.15, 0.2) is 0 Å². The van der Waals surface area contributed by atoms with Crippen LogP contribution in [0.3, 0.4) is 0 Å². The standard InChI is InChI=1S/C48H66N6O6/c1-7-13-16-25-34-58-46(55)52(40-31-22-19-28-37(40)10-4)43-49-44(53(41-32-23-20-29-38(41)11-5)47(56)59-35-26-17-14-8-2)51-45(50-43)54(42-33-24-21-30-39(42)12-6)48(57)60-36-27-18-15-9-3/h19-24,28-33H,7-18,25-27,34-36H2,1-6H3.